The normalized spacial score (nSPS) is 13.1. The highest BCUT2D eigenvalue weighted by Gasteiger charge is 2.15. The summed E-state index contributed by atoms with van der Waals surface area (Å²) in [5.74, 6) is 0.0644. The van der Waals surface area contributed by atoms with E-state index in [2.05, 4.69) is 5.32 Å². The first-order chi connectivity index (χ1) is 11.5. The lowest BCUT2D eigenvalue weighted by atomic mass is 10.0. The van der Waals surface area contributed by atoms with Gasteiger partial charge in [-0.1, -0.05) is 18.2 Å². The van der Waals surface area contributed by atoms with Gasteiger partial charge in [-0.3, -0.25) is 0 Å². The van der Waals surface area contributed by atoms with Crippen molar-refractivity contribution in [2.24, 2.45) is 0 Å². The monoisotopic (exact) mass is 329 g/mol. The maximum absolute atomic E-state index is 13.7. The molecule has 2 rings (SSSR count). The van der Waals surface area contributed by atoms with Crippen LogP contribution >= 0.6 is 0 Å². The van der Waals surface area contributed by atoms with Crippen LogP contribution in [0.5, 0.6) is 5.75 Å². The second-order valence-corrected chi connectivity index (χ2v) is 5.52. The smallest absolute Gasteiger partial charge is 0.147 e. The molecular weight excluding hydrogens is 309 g/mol. The van der Waals surface area contributed by atoms with Crippen LogP contribution in [0.4, 0.5) is 10.1 Å². The molecule has 0 bridgehead atoms. The standard InChI is InChI=1S/C18H20FN3O2/c1-12(11-24-15-5-3-2-4-6-15)22-10-17(23)13-7-14(9-20)18(21)16(19)8-13/h2-8,12,17,22-23H,10-11,21H2,1H3. The number of nitrogens with two attached hydrogens (primary N) is 1. The van der Waals surface area contributed by atoms with E-state index in [9.17, 15) is 9.50 Å². The number of para-hydroxylation sites is 1. The number of rotatable bonds is 7. The number of halogens is 1. The van der Waals surface area contributed by atoms with Gasteiger partial charge in [0.2, 0.25) is 0 Å². The van der Waals surface area contributed by atoms with E-state index < -0.39 is 11.9 Å². The highest BCUT2D eigenvalue weighted by molar-refractivity contribution is 5.56. The zero-order valence-corrected chi connectivity index (χ0v) is 13.4. The highest BCUT2D eigenvalue weighted by Crippen LogP contribution is 2.22. The van der Waals surface area contributed by atoms with E-state index in [4.69, 9.17) is 15.7 Å². The Balaban J connectivity index is 1.87. The largest absolute Gasteiger partial charge is 0.492 e. The molecule has 6 heteroatoms. The van der Waals surface area contributed by atoms with E-state index in [1.165, 1.54) is 6.07 Å². The van der Waals surface area contributed by atoms with Crippen LogP contribution in [-0.4, -0.2) is 24.3 Å². The molecule has 2 unspecified atom stereocenters. The van der Waals surface area contributed by atoms with Gasteiger partial charge in [0, 0.05) is 12.6 Å². The zero-order chi connectivity index (χ0) is 17.5. The Morgan fingerprint density at radius 3 is 2.71 bits per heavy atom. The van der Waals surface area contributed by atoms with Gasteiger partial charge < -0.3 is 20.9 Å². The number of hydrogen-bond acceptors (Lipinski definition) is 5. The van der Waals surface area contributed by atoms with Crippen LogP contribution < -0.4 is 15.8 Å². The number of hydrogen-bond donors (Lipinski definition) is 3. The fourth-order valence-corrected chi connectivity index (χ4v) is 2.15. The molecule has 0 radical (unpaired) electrons. The molecule has 0 saturated heterocycles. The Bertz CT molecular complexity index is 716. The third kappa shape index (κ3) is 4.69. The van der Waals surface area contributed by atoms with Gasteiger partial charge in [0.15, 0.2) is 0 Å². The fraction of sp³-hybridized carbons (Fsp3) is 0.278. The average Bonchev–Trinajstić information content (AvgIpc) is 2.60. The third-order valence-corrected chi connectivity index (χ3v) is 3.56. The second-order valence-electron chi connectivity index (χ2n) is 5.52. The van der Waals surface area contributed by atoms with Crippen molar-refractivity contribution in [3.8, 4) is 11.8 Å². The molecule has 0 saturated carbocycles. The summed E-state index contributed by atoms with van der Waals surface area (Å²) >= 11 is 0. The molecule has 2 atom stereocenters. The Morgan fingerprint density at radius 1 is 1.33 bits per heavy atom. The fourth-order valence-electron chi connectivity index (χ4n) is 2.15. The summed E-state index contributed by atoms with van der Waals surface area (Å²) in [7, 11) is 0. The van der Waals surface area contributed by atoms with Crippen LogP contribution in [0.15, 0.2) is 42.5 Å². The highest BCUT2D eigenvalue weighted by atomic mass is 19.1. The minimum absolute atomic E-state index is 0.0181. The number of nitriles is 1. The summed E-state index contributed by atoms with van der Waals surface area (Å²) in [4.78, 5) is 0. The molecule has 0 aromatic heterocycles. The maximum atomic E-state index is 13.7. The lowest BCUT2D eigenvalue weighted by Gasteiger charge is -2.18. The number of benzene rings is 2. The summed E-state index contributed by atoms with van der Waals surface area (Å²) in [6, 6.07) is 13.8. The van der Waals surface area contributed by atoms with Crippen molar-refractivity contribution >= 4 is 5.69 Å². The summed E-state index contributed by atoms with van der Waals surface area (Å²) in [6.07, 6.45) is -0.952. The van der Waals surface area contributed by atoms with Gasteiger partial charge in [0.05, 0.1) is 17.4 Å². The summed E-state index contributed by atoms with van der Waals surface area (Å²) < 4.78 is 19.3. The minimum atomic E-state index is -0.952. The molecule has 2 aromatic carbocycles. The number of nitrogens with zero attached hydrogens (tertiary/aromatic N) is 1. The minimum Gasteiger partial charge on any atom is -0.492 e. The zero-order valence-electron chi connectivity index (χ0n) is 13.4. The summed E-state index contributed by atoms with van der Waals surface area (Å²) in [5.41, 5.74) is 5.59. The van der Waals surface area contributed by atoms with E-state index in [1.807, 2.05) is 43.3 Å². The molecule has 0 aliphatic rings. The van der Waals surface area contributed by atoms with Gasteiger partial charge in [0.1, 0.15) is 24.2 Å². The van der Waals surface area contributed by atoms with Gasteiger partial charge in [-0.05, 0) is 36.8 Å². The number of aliphatic hydroxyl groups is 1. The van der Waals surface area contributed by atoms with Crippen LogP contribution in [-0.2, 0) is 0 Å². The number of anilines is 1. The number of aliphatic hydroxyl groups excluding tert-OH is 1. The van der Waals surface area contributed by atoms with Crippen molar-refractivity contribution in [1.82, 2.24) is 5.32 Å². The quantitative estimate of drug-likeness (QED) is 0.678. The molecule has 0 amide bonds. The van der Waals surface area contributed by atoms with Crippen molar-refractivity contribution in [2.75, 3.05) is 18.9 Å². The van der Waals surface area contributed by atoms with Gasteiger partial charge in [-0.25, -0.2) is 4.39 Å². The lowest BCUT2D eigenvalue weighted by molar-refractivity contribution is 0.163. The van der Waals surface area contributed by atoms with Crippen molar-refractivity contribution in [3.05, 3.63) is 59.4 Å². The van der Waals surface area contributed by atoms with Crippen LogP contribution in [0.3, 0.4) is 0 Å². The molecule has 2 aromatic rings. The molecule has 0 fully saturated rings. The first-order valence-corrected chi connectivity index (χ1v) is 7.59. The SMILES string of the molecule is CC(COc1ccccc1)NCC(O)c1cc(F)c(N)c(C#N)c1. The van der Waals surface area contributed by atoms with Crippen molar-refractivity contribution in [3.63, 3.8) is 0 Å². The van der Waals surface area contributed by atoms with Crippen LogP contribution in [0, 0.1) is 17.1 Å². The Morgan fingerprint density at radius 2 is 2.04 bits per heavy atom. The van der Waals surface area contributed by atoms with Crippen molar-refractivity contribution in [1.29, 1.82) is 5.26 Å². The van der Waals surface area contributed by atoms with Crippen LogP contribution in [0.2, 0.25) is 0 Å². The number of ether oxygens (including phenoxy) is 1. The topological polar surface area (TPSA) is 91.3 Å². The van der Waals surface area contributed by atoms with E-state index in [0.717, 1.165) is 11.8 Å². The van der Waals surface area contributed by atoms with E-state index >= 15 is 0 Å². The average molecular weight is 329 g/mol. The van der Waals surface area contributed by atoms with Gasteiger partial charge in [0.25, 0.3) is 0 Å². The van der Waals surface area contributed by atoms with E-state index in [-0.39, 0.29) is 23.8 Å². The Labute approximate surface area is 140 Å². The van der Waals surface area contributed by atoms with Crippen molar-refractivity contribution in [2.45, 2.75) is 19.1 Å². The predicted molar refractivity (Wildman–Crippen MR) is 89.9 cm³/mol. The summed E-state index contributed by atoms with van der Waals surface area (Å²) in [5, 5.41) is 22.2. The second kappa shape index (κ2) is 8.29. The van der Waals surface area contributed by atoms with Crippen molar-refractivity contribution < 1.29 is 14.2 Å². The Kier molecular flexibility index (Phi) is 6.13. The molecule has 0 aliphatic carbocycles. The molecule has 0 aliphatic heterocycles. The van der Waals surface area contributed by atoms with Gasteiger partial charge in [-0.2, -0.15) is 5.26 Å². The van der Waals surface area contributed by atoms with E-state index in [0.29, 0.717) is 12.2 Å². The van der Waals surface area contributed by atoms with Crippen LogP contribution in [0.1, 0.15) is 24.2 Å². The molecule has 126 valence electrons. The maximum Gasteiger partial charge on any atom is 0.147 e. The molecule has 0 heterocycles. The third-order valence-electron chi connectivity index (χ3n) is 3.56. The molecular formula is C18H20FN3O2. The molecule has 0 spiro atoms. The van der Waals surface area contributed by atoms with E-state index in [1.54, 1.807) is 0 Å². The lowest BCUT2D eigenvalue weighted by Crippen LogP contribution is -2.35. The van der Waals surface area contributed by atoms with Gasteiger partial charge >= 0.3 is 0 Å². The molecule has 24 heavy (non-hydrogen) atoms. The van der Waals surface area contributed by atoms with Gasteiger partial charge in [-0.15, -0.1) is 0 Å². The van der Waals surface area contributed by atoms with Crippen LogP contribution in [0.25, 0.3) is 0 Å². The number of nitrogen functional groups attached to an aromatic ring is 1. The summed E-state index contributed by atoms with van der Waals surface area (Å²) in [6.45, 7) is 2.55. The molecule has 5 nitrogen and oxygen atoms in total. The number of nitrogens with one attached hydrogen (secondary N) is 1. The predicted octanol–water partition coefficient (Wildman–Crippen LogP) is 2.37. The first kappa shape index (κ1) is 17.7. The molecule has 4 N–H and O–H groups in total. The first-order valence-electron chi connectivity index (χ1n) is 7.59. The Hall–Kier alpha value is -2.62.